The molecule has 0 aliphatic rings. The van der Waals surface area contributed by atoms with E-state index in [1.54, 1.807) is 0 Å². The summed E-state index contributed by atoms with van der Waals surface area (Å²) in [6.07, 6.45) is 5.84. The van der Waals surface area contributed by atoms with Gasteiger partial charge in [0.05, 0.1) is 5.69 Å². The van der Waals surface area contributed by atoms with Crippen LogP contribution in [0.15, 0.2) is 103 Å². The standard InChI is InChI=1S/C39H34N4O.Pt/c1-4-6-18-36-39(28-13-8-7-9-14-28)34(5-2)41-43(36)29-15-12-16-30(25-29)44-31-20-21-33-32-17-10-11-19-35(32)42(37(33)26-31)38-24-27(3)22-23-40-38;/h7-17,19-24H,4-6,18H2,1-3H3;/q-2;+2. The molecule has 0 amide bonds. The van der Waals surface area contributed by atoms with Crippen LogP contribution in [0.3, 0.4) is 0 Å². The topological polar surface area (TPSA) is 44.9 Å². The van der Waals surface area contributed by atoms with Crippen LogP contribution in [0.2, 0.25) is 0 Å². The number of ether oxygens (including phenoxy) is 1. The van der Waals surface area contributed by atoms with Crippen LogP contribution < -0.4 is 4.74 Å². The Balaban J connectivity index is 0.00000357. The van der Waals surface area contributed by atoms with E-state index in [1.807, 2.05) is 30.5 Å². The van der Waals surface area contributed by atoms with Gasteiger partial charge >= 0.3 is 21.1 Å². The van der Waals surface area contributed by atoms with Crippen molar-refractivity contribution in [1.82, 2.24) is 19.3 Å². The molecule has 0 saturated carbocycles. The monoisotopic (exact) mass is 769 g/mol. The Hall–Kier alpha value is -4.47. The third-order valence-corrected chi connectivity index (χ3v) is 8.11. The summed E-state index contributed by atoms with van der Waals surface area (Å²) in [5, 5.41) is 7.36. The largest absolute Gasteiger partial charge is 2.00 e. The predicted molar refractivity (Wildman–Crippen MR) is 178 cm³/mol. The molecule has 7 aromatic rings. The molecule has 7 rings (SSSR count). The number of nitrogens with zero attached hydrogens (tertiary/aromatic N) is 4. The van der Waals surface area contributed by atoms with Crippen molar-refractivity contribution in [2.75, 3.05) is 0 Å². The van der Waals surface area contributed by atoms with E-state index in [9.17, 15) is 0 Å². The van der Waals surface area contributed by atoms with Gasteiger partial charge in [-0.05, 0) is 66.6 Å². The summed E-state index contributed by atoms with van der Waals surface area (Å²) in [7, 11) is 0. The van der Waals surface area contributed by atoms with Gasteiger partial charge in [-0.2, -0.15) is 17.2 Å². The van der Waals surface area contributed by atoms with Crippen molar-refractivity contribution in [2.24, 2.45) is 0 Å². The number of rotatable bonds is 9. The van der Waals surface area contributed by atoms with Crippen LogP contribution in [-0.4, -0.2) is 19.3 Å². The number of fused-ring (bicyclic) bond motifs is 3. The van der Waals surface area contributed by atoms with E-state index >= 15 is 0 Å². The van der Waals surface area contributed by atoms with Crippen molar-refractivity contribution in [1.29, 1.82) is 0 Å². The molecular formula is C39H34N4OPt. The Morgan fingerprint density at radius 3 is 2.40 bits per heavy atom. The molecule has 0 aliphatic heterocycles. The van der Waals surface area contributed by atoms with Gasteiger partial charge in [0.25, 0.3) is 0 Å². The van der Waals surface area contributed by atoms with Gasteiger partial charge in [0, 0.05) is 34.5 Å². The van der Waals surface area contributed by atoms with Crippen molar-refractivity contribution in [3.05, 3.63) is 132 Å². The second kappa shape index (κ2) is 13.3. The maximum atomic E-state index is 6.44. The summed E-state index contributed by atoms with van der Waals surface area (Å²) in [6, 6.07) is 40.3. The Labute approximate surface area is 278 Å². The summed E-state index contributed by atoms with van der Waals surface area (Å²) in [5.74, 6) is 2.09. The second-order valence-corrected chi connectivity index (χ2v) is 11.1. The van der Waals surface area contributed by atoms with Crippen LogP contribution in [-0.2, 0) is 33.9 Å². The molecule has 0 atom stereocenters. The van der Waals surface area contributed by atoms with Gasteiger partial charge < -0.3 is 9.30 Å². The van der Waals surface area contributed by atoms with Gasteiger partial charge in [0.15, 0.2) is 0 Å². The van der Waals surface area contributed by atoms with Crippen molar-refractivity contribution < 1.29 is 25.8 Å². The van der Waals surface area contributed by atoms with E-state index in [2.05, 4.69) is 115 Å². The third-order valence-electron chi connectivity index (χ3n) is 8.11. The minimum Gasteiger partial charge on any atom is -0.509 e. The van der Waals surface area contributed by atoms with E-state index < -0.39 is 0 Å². The summed E-state index contributed by atoms with van der Waals surface area (Å²) in [5.41, 5.74) is 8.77. The van der Waals surface area contributed by atoms with Gasteiger partial charge in [-0.25, -0.2) is 4.98 Å². The van der Waals surface area contributed by atoms with Gasteiger partial charge in [-0.1, -0.05) is 74.3 Å². The SMILES string of the molecule is CCCCc1c(-c2ccccc2)c(CC)nn1-c1[c-]c(Oc2[c-]c3c(cc2)c2ccccc2n3-c2cc(C)ccn2)ccc1.[Pt+2]. The molecule has 0 N–H and O–H groups in total. The maximum Gasteiger partial charge on any atom is 2.00 e. The number of benzene rings is 4. The van der Waals surface area contributed by atoms with Crippen molar-refractivity contribution in [3.8, 4) is 34.1 Å². The van der Waals surface area contributed by atoms with E-state index in [-0.39, 0.29) is 21.1 Å². The van der Waals surface area contributed by atoms with Gasteiger partial charge in [0.1, 0.15) is 5.82 Å². The normalized spacial score (nSPS) is 11.2. The molecule has 0 radical (unpaired) electrons. The average molecular weight is 770 g/mol. The fraction of sp³-hybridized carbons (Fsp3) is 0.179. The smallest absolute Gasteiger partial charge is 0.509 e. The molecule has 4 aromatic carbocycles. The summed E-state index contributed by atoms with van der Waals surface area (Å²) in [4.78, 5) is 4.69. The molecule has 5 nitrogen and oxygen atoms in total. The van der Waals surface area contributed by atoms with Crippen molar-refractivity contribution in [2.45, 2.75) is 46.5 Å². The number of pyridine rings is 1. The number of hydrogen-bond acceptors (Lipinski definition) is 3. The van der Waals surface area contributed by atoms with E-state index in [0.29, 0.717) is 11.5 Å². The Bertz CT molecular complexity index is 2090. The fourth-order valence-corrected chi connectivity index (χ4v) is 6.02. The summed E-state index contributed by atoms with van der Waals surface area (Å²) >= 11 is 0. The van der Waals surface area contributed by atoms with Gasteiger partial charge in [-0.15, -0.1) is 35.7 Å². The molecule has 45 heavy (non-hydrogen) atoms. The van der Waals surface area contributed by atoms with Crippen LogP contribution in [0.1, 0.15) is 43.6 Å². The molecule has 3 heterocycles. The zero-order chi connectivity index (χ0) is 30.0. The van der Waals surface area contributed by atoms with Crippen molar-refractivity contribution in [3.63, 3.8) is 0 Å². The Kier molecular flexibility index (Phi) is 9.00. The molecule has 0 spiro atoms. The molecule has 0 aliphatic carbocycles. The first kappa shape index (κ1) is 30.6. The number of hydrogen-bond donors (Lipinski definition) is 0. The van der Waals surface area contributed by atoms with Crippen molar-refractivity contribution >= 4 is 21.8 Å². The molecule has 226 valence electrons. The molecular weight excluding hydrogens is 736 g/mol. The predicted octanol–water partition coefficient (Wildman–Crippen LogP) is 9.63. The Morgan fingerprint density at radius 2 is 1.60 bits per heavy atom. The first-order chi connectivity index (χ1) is 21.6. The number of aryl methyl sites for hydroxylation is 2. The van der Waals surface area contributed by atoms with Gasteiger partial charge in [-0.3, -0.25) is 4.68 Å². The first-order valence-corrected chi connectivity index (χ1v) is 15.4. The van der Waals surface area contributed by atoms with E-state index in [0.717, 1.165) is 70.3 Å². The zero-order valence-electron chi connectivity index (χ0n) is 25.7. The third kappa shape index (κ3) is 5.85. The van der Waals surface area contributed by atoms with Crippen LogP contribution >= 0.6 is 0 Å². The van der Waals surface area contributed by atoms with Crippen LogP contribution in [0, 0.1) is 19.1 Å². The fourth-order valence-electron chi connectivity index (χ4n) is 6.02. The van der Waals surface area contributed by atoms with E-state index in [4.69, 9.17) is 14.8 Å². The zero-order valence-corrected chi connectivity index (χ0v) is 27.9. The molecule has 3 aromatic heterocycles. The van der Waals surface area contributed by atoms with Crippen LogP contribution in [0.25, 0.3) is 44.4 Å². The minimum absolute atomic E-state index is 0. The Morgan fingerprint density at radius 1 is 0.800 bits per heavy atom. The average Bonchev–Trinajstić information content (AvgIpc) is 3.59. The summed E-state index contributed by atoms with van der Waals surface area (Å²) < 4.78 is 10.7. The number of unbranched alkanes of at least 4 members (excludes halogenated alkanes) is 1. The molecule has 6 heteroatoms. The molecule has 0 fully saturated rings. The second-order valence-electron chi connectivity index (χ2n) is 11.1. The number of para-hydroxylation sites is 1. The minimum atomic E-state index is 0. The molecule has 0 bridgehead atoms. The van der Waals surface area contributed by atoms with E-state index in [1.165, 1.54) is 16.8 Å². The summed E-state index contributed by atoms with van der Waals surface area (Å²) in [6.45, 7) is 6.48. The van der Waals surface area contributed by atoms with Crippen LogP contribution in [0.5, 0.6) is 11.5 Å². The quantitative estimate of drug-likeness (QED) is 0.138. The van der Waals surface area contributed by atoms with Gasteiger partial charge in [0.2, 0.25) is 0 Å². The maximum absolute atomic E-state index is 6.44. The molecule has 0 unspecified atom stereocenters. The molecule has 0 saturated heterocycles. The first-order valence-electron chi connectivity index (χ1n) is 15.4. The van der Waals surface area contributed by atoms with Crippen LogP contribution in [0.4, 0.5) is 0 Å². The number of aromatic nitrogens is 4.